The molecule has 4 rings (SSSR count). The average Bonchev–Trinajstić information content (AvgIpc) is 3.38. The third-order valence-corrected chi connectivity index (χ3v) is 8.20. The van der Waals surface area contributed by atoms with Gasteiger partial charge in [-0.15, -0.1) is 11.3 Å². The lowest BCUT2D eigenvalue weighted by Gasteiger charge is -2.44. The first kappa shape index (κ1) is 24.9. The lowest BCUT2D eigenvalue weighted by Crippen LogP contribution is -2.67. The standard InChI is InChI=1S/C26H32BrN3O3S/c1-14(2)11-19-24(31)29-22(18-12-16-7-5-6-8-17(16)13-18)26(33)30(19)23(25(32)28-15(3)4)20-9-10-21(27)34-20/h5-10,14-15,18-19,22-23H,11-13H2,1-4H3,(H,28,32)(H,29,31)/t19-,22-,23-/m1/s1. The number of halogens is 1. The van der Waals surface area contributed by atoms with Crippen LogP contribution in [0.3, 0.4) is 0 Å². The van der Waals surface area contributed by atoms with Gasteiger partial charge in [-0.1, -0.05) is 38.1 Å². The minimum atomic E-state index is -0.854. The molecule has 1 fully saturated rings. The number of thiophene rings is 1. The van der Waals surface area contributed by atoms with E-state index in [1.54, 1.807) is 4.90 Å². The molecule has 2 aliphatic rings. The van der Waals surface area contributed by atoms with Gasteiger partial charge >= 0.3 is 0 Å². The molecule has 1 aliphatic heterocycles. The Morgan fingerprint density at radius 2 is 1.76 bits per heavy atom. The SMILES string of the molecule is CC(C)C[C@@H]1C(=O)N[C@H](C2Cc3ccccc3C2)C(=O)N1[C@@H](C(=O)NC(C)C)c1ccc(Br)s1. The second-order valence-electron chi connectivity index (χ2n) is 10.0. The summed E-state index contributed by atoms with van der Waals surface area (Å²) in [5, 5.41) is 6.03. The predicted molar refractivity (Wildman–Crippen MR) is 137 cm³/mol. The summed E-state index contributed by atoms with van der Waals surface area (Å²) < 4.78 is 0.877. The van der Waals surface area contributed by atoms with Crippen LogP contribution < -0.4 is 10.6 Å². The van der Waals surface area contributed by atoms with Crippen molar-refractivity contribution >= 4 is 45.0 Å². The molecular weight excluding hydrogens is 514 g/mol. The number of hydrogen-bond acceptors (Lipinski definition) is 4. The van der Waals surface area contributed by atoms with Crippen molar-refractivity contribution in [1.82, 2.24) is 15.5 Å². The topological polar surface area (TPSA) is 78.5 Å². The monoisotopic (exact) mass is 545 g/mol. The van der Waals surface area contributed by atoms with Crippen molar-refractivity contribution < 1.29 is 14.4 Å². The lowest BCUT2D eigenvalue weighted by atomic mass is 9.88. The van der Waals surface area contributed by atoms with Crippen molar-refractivity contribution in [2.24, 2.45) is 11.8 Å². The summed E-state index contributed by atoms with van der Waals surface area (Å²) in [6.07, 6.45) is 1.97. The molecule has 0 spiro atoms. The molecule has 0 radical (unpaired) electrons. The van der Waals surface area contributed by atoms with Crippen LogP contribution in [-0.2, 0) is 27.2 Å². The fourth-order valence-corrected chi connectivity index (χ4v) is 6.63. The Labute approximate surface area is 213 Å². The summed E-state index contributed by atoms with van der Waals surface area (Å²) in [5.74, 6) is -0.444. The highest BCUT2D eigenvalue weighted by atomic mass is 79.9. The van der Waals surface area contributed by atoms with E-state index < -0.39 is 18.1 Å². The fourth-order valence-electron chi connectivity index (χ4n) is 5.11. The molecule has 8 heteroatoms. The van der Waals surface area contributed by atoms with E-state index >= 15 is 0 Å². The number of fused-ring (bicyclic) bond motifs is 1. The smallest absolute Gasteiger partial charge is 0.248 e. The molecule has 6 nitrogen and oxygen atoms in total. The van der Waals surface area contributed by atoms with E-state index in [2.05, 4.69) is 38.7 Å². The van der Waals surface area contributed by atoms with Crippen LogP contribution in [0.1, 0.15) is 56.2 Å². The highest BCUT2D eigenvalue weighted by Crippen LogP contribution is 2.38. The zero-order valence-corrected chi connectivity index (χ0v) is 22.4. The number of carbonyl (C=O) groups is 3. The molecule has 1 aromatic heterocycles. The maximum absolute atomic E-state index is 14.1. The first-order valence-electron chi connectivity index (χ1n) is 11.9. The Hall–Kier alpha value is -2.19. The number of amides is 3. The lowest BCUT2D eigenvalue weighted by molar-refractivity contribution is -0.157. The minimum absolute atomic E-state index is 0.0276. The van der Waals surface area contributed by atoms with Crippen molar-refractivity contribution in [3.63, 3.8) is 0 Å². The van der Waals surface area contributed by atoms with Crippen LogP contribution in [-0.4, -0.2) is 40.7 Å². The van der Waals surface area contributed by atoms with Gasteiger partial charge in [0.25, 0.3) is 0 Å². The van der Waals surface area contributed by atoms with Crippen LogP contribution in [0.4, 0.5) is 0 Å². The molecule has 2 heterocycles. The van der Waals surface area contributed by atoms with Crippen LogP contribution in [0.5, 0.6) is 0 Å². The van der Waals surface area contributed by atoms with Crippen LogP contribution in [0.25, 0.3) is 0 Å². The molecule has 0 unspecified atom stereocenters. The van der Waals surface area contributed by atoms with E-state index in [1.807, 2.05) is 52.0 Å². The molecule has 1 saturated heterocycles. The number of nitrogens with one attached hydrogen (secondary N) is 2. The Morgan fingerprint density at radius 1 is 1.12 bits per heavy atom. The van der Waals surface area contributed by atoms with Gasteiger partial charge in [0.15, 0.2) is 0 Å². The Balaban J connectivity index is 1.73. The highest BCUT2D eigenvalue weighted by molar-refractivity contribution is 9.11. The van der Waals surface area contributed by atoms with Gasteiger partial charge in [0, 0.05) is 10.9 Å². The molecule has 182 valence electrons. The summed E-state index contributed by atoms with van der Waals surface area (Å²) in [6.45, 7) is 7.85. The minimum Gasteiger partial charge on any atom is -0.352 e. The second kappa shape index (κ2) is 10.2. The number of benzene rings is 1. The number of carbonyl (C=O) groups excluding carboxylic acids is 3. The summed E-state index contributed by atoms with van der Waals surface area (Å²) >= 11 is 4.92. The predicted octanol–water partition coefficient (Wildman–Crippen LogP) is 4.23. The van der Waals surface area contributed by atoms with Gasteiger partial charge in [-0.2, -0.15) is 0 Å². The summed E-state index contributed by atoms with van der Waals surface area (Å²) in [5.41, 5.74) is 2.45. The fraction of sp³-hybridized carbons (Fsp3) is 0.500. The van der Waals surface area contributed by atoms with Gasteiger partial charge in [-0.05, 0) is 84.1 Å². The van der Waals surface area contributed by atoms with Crippen LogP contribution in [0, 0.1) is 11.8 Å². The Morgan fingerprint density at radius 3 is 2.29 bits per heavy atom. The van der Waals surface area contributed by atoms with Gasteiger partial charge < -0.3 is 15.5 Å². The second-order valence-corrected chi connectivity index (χ2v) is 12.5. The van der Waals surface area contributed by atoms with E-state index in [1.165, 1.54) is 22.5 Å². The van der Waals surface area contributed by atoms with Gasteiger partial charge in [0.2, 0.25) is 17.7 Å². The first-order valence-corrected chi connectivity index (χ1v) is 13.5. The zero-order chi connectivity index (χ0) is 24.6. The van der Waals surface area contributed by atoms with E-state index in [9.17, 15) is 14.4 Å². The quantitative estimate of drug-likeness (QED) is 0.546. The first-order chi connectivity index (χ1) is 16.2. The summed E-state index contributed by atoms with van der Waals surface area (Å²) in [6, 6.07) is 9.65. The number of hydrogen-bond donors (Lipinski definition) is 2. The Kier molecular flexibility index (Phi) is 7.48. The van der Waals surface area contributed by atoms with E-state index in [0.717, 1.165) is 21.5 Å². The van der Waals surface area contributed by atoms with Crippen molar-refractivity contribution in [2.45, 2.75) is 71.1 Å². The molecule has 3 amide bonds. The third-order valence-electron chi connectivity index (χ3n) is 6.53. The summed E-state index contributed by atoms with van der Waals surface area (Å²) in [4.78, 5) is 43.4. The van der Waals surface area contributed by atoms with Crippen molar-refractivity contribution in [1.29, 1.82) is 0 Å². The molecule has 2 N–H and O–H groups in total. The molecular formula is C26H32BrN3O3S. The molecule has 2 aromatic rings. The molecule has 34 heavy (non-hydrogen) atoms. The Bertz CT molecular complexity index is 1060. The van der Waals surface area contributed by atoms with Crippen molar-refractivity contribution in [3.05, 3.63) is 56.2 Å². The van der Waals surface area contributed by atoms with Crippen LogP contribution in [0.15, 0.2) is 40.2 Å². The molecule has 3 atom stereocenters. The largest absolute Gasteiger partial charge is 0.352 e. The van der Waals surface area contributed by atoms with Crippen molar-refractivity contribution in [3.8, 4) is 0 Å². The average molecular weight is 547 g/mol. The molecule has 0 bridgehead atoms. The molecule has 1 aromatic carbocycles. The van der Waals surface area contributed by atoms with Crippen molar-refractivity contribution in [2.75, 3.05) is 0 Å². The van der Waals surface area contributed by atoms with Gasteiger partial charge in [-0.25, -0.2) is 0 Å². The number of piperazine rings is 1. The number of rotatable bonds is 7. The zero-order valence-electron chi connectivity index (χ0n) is 20.0. The van der Waals surface area contributed by atoms with E-state index in [0.29, 0.717) is 6.42 Å². The van der Waals surface area contributed by atoms with Gasteiger partial charge in [0.05, 0.1) is 3.79 Å². The van der Waals surface area contributed by atoms with Gasteiger partial charge in [0.1, 0.15) is 18.1 Å². The number of nitrogens with zero attached hydrogens (tertiary/aromatic N) is 1. The normalized spacial score (nSPS) is 21.7. The van der Waals surface area contributed by atoms with Crippen LogP contribution >= 0.6 is 27.3 Å². The molecule has 0 saturated carbocycles. The van der Waals surface area contributed by atoms with Gasteiger partial charge in [-0.3, -0.25) is 14.4 Å². The molecule has 1 aliphatic carbocycles. The maximum atomic E-state index is 14.1. The summed E-state index contributed by atoms with van der Waals surface area (Å²) in [7, 11) is 0. The maximum Gasteiger partial charge on any atom is 0.248 e. The highest BCUT2D eigenvalue weighted by Gasteiger charge is 2.49. The van der Waals surface area contributed by atoms with E-state index in [4.69, 9.17) is 0 Å². The van der Waals surface area contributed by atoms with Crippen LogP contribution in [0.2, 0.25) is 0 Å². The van der Waals surface area contributed by atoms with E-state index in [-0.39, 0.29) is 35.6 Å². The third kappa shape index (κ3) is 5.08.